The predicted molar refractivity (Wildman–Crippen MR) is 82.2 cm³/mol. The van der Waals surface area contributed by atoms with Crippen LogP contribution in [0.4, 0.5) is 0 Å². The van der Waals surface area contributed by atoms with Gasteiger partial charge in [0.2, 0.25) is 0 Å². The van der Waals surface area contributed by atoms with Crippen LogP contribution in [0.15, 0.2) is 29.8 Å². The van der Waals surface area contributed by atoms with Gasteiger partial charge in [-0.25, -0.2) is 0 Å². The van der Waals surface area contributed by atoms with Crippen molar-refractivity contribution in [3.8, 4) is 6.07 Å². The van der Waals surface area contributed by atoms with Crippen LogP contribution in [0.5, 0.6) is 0 Å². The molecule has 0 heterocycles. The van der Waals surface area contributed by atoms with E-state index >= 15 is 0 Å². The van der Waals surface area contributed by atoms with E-state index in [-0.39, 0.29) is 23.6 Å². The summed E-state index contributed by atoms with van der Waals surface area (Å²) in [5.74, 6) is -0.243. The van der Waals surface area contributed by atoms with Crippen molar-refractivity contribution >= 4 is 23.6 Å². The first-order valence-electron chi connectivity index (χ1n) is 6.56. The van der Waals surface area contributed by atoms with Gasteiger partial charge in [0, 0.05) is 17.1 Å². The topological polar surface area (TPSA) is 44.1 Å². The first kappa shape index (κ1) is 16.3. The number of rotatable bonds is 4. The number of carbonyl (C=O) groups is 1. The zero-order chi connectivity index (χ0) is 15.3. The maximum atomic E-state index is 12.4. The van der Waals surface area contributed by atoms with Gasteiger partial charge in [0.25, 0.3) is 5.91 Å². The van der Waals surface area contributed by atoms with Crippen LogP contribution in [-0.4, -0.2) is 22.9 Å². The molecule has 3 nitrogen and oxygen atoms in total. The van der Waals surface area contributed by atoms with Gasteiger partial charge >= 0.3 is 0 Å². The van der Waals surface area contributed by atoms with Crippen LogP contribution in [-0.2, 0) is 4.79 Å². The third-order valence-corrected chi connectivity index (χ3v) is 3.13. The van der Waals surface area contributed by atoms with Crippen molar-refractivity contribution in [1.29, 1.82) is 5.26 Å². The number of halogens is 1. The molecular formula is C16H19ClN2O. The maximum Gasteiger partial charge on any atom is 0.264 e. The molecule has 4 heteroatoms. The smallest absolute Gasteiger partial charge is 0.264 e. The van der Waals surface area contributed by atoms with Crippen LogP contribution in [0.1, 0.15) is 33.3 Å². The lowest BCUT2D eigenvalue weighted by Crippen LogP contribution is -2.42. The lowest BCUT2D eigenvalue weighted by Gasteiger charge is -2.30. The summed E-state index contributed by atoms with van der Waals surface area (Å²) in [6, 6.07) is 9.11. The number of carbonyl (C=O) groups excluding carboxylic acids is 1. The van der Waals surface area contributed by atoms with Gasteiger partial charge < -0.3 is 4.90 Å². The molecule has 0 fully saturated rings. The zero-order valence-electron chi connectivity index (χ0n) is 12.2. The van der Waals surface area contributed by atoms with Crippen LogP contribution in [0.2, 0.25) is 5.02 Å². The fourth-order valence-corrected chi connectivity index (χ4v) is 2.20. The van der Waals surface area contributed by atoms with Crippen LogP contribution in [0.3, 0.4) is 0 Å². The standard InChI is InChI=1S/C16H19ClN2O/c1-11(2)19(12(3)4)16(20)14(10-18)9-13-5-7-15(17)8-6-13/h5-9,11-12H,1-4H3/b14-9+. The normalized spacial score (nSPS) is 11.6. The largest absolute Gasteiger partial charge is 0.333 e. The molecule has 0 bridgehead atoms. The minimum absolute atomic E-state index is 0.0458. The molecule has 0 radical (unpaired) electrons. The number of amides is 1. The zero-order valence-corrected chi connectivity index (χ0v) is 13.0. The van der Waals surface area contributed by atoms with Crippen LogP contribution in [0, 0.1) is 11.3 Å². The molecule has 0 aliphatic carbocycles. The molecule has 0 N–H and O–H groups in total. The summed E-state index contributed by atoms with van der Waals surface area (Å²) in [7, 11) is 0. The summed E-state index contributed by atoms with van der Waals surface area (Å²) in [4.78, 5) is 14.1. The van der Waals surface area contributed by atoms with Gasteiger partial charge in [0.15, 0.2) is 0 Å². The highest BCUT2D eigenvalue weighted by atomic mass is 35.5. The van der Waals surface area contributed by atoms with Crippen LogP contribution in [0.25, 0.3) is 6.08 Å². The Kier molecular flexibility index (Phi) is 5.79. The first-order chi connectivity index (χ1) is 9.36. The summed E-state index contributed by atoms with van der Waals surface area (Å²) < 4.78 is 0. The van der Waals surface area contributed by atoms with E-state index in [1.165, 1.54) is 0 Å². The Bertz CT molecular complexity index is 531. The quantitative estimate of drug-likeness (QED) is 0.624. The van der Waals surface area contributed by atoms with Gasteiger partial charge in [-0.2, -0.15) is 5.26 Å². The fraction of sp³-hybridized carbons (Fsp3) is 0.375. The fourth-order valence-electron chi connectivity index (χ4n) is 2.07. The molecule has 20 heavy (non-hydrogen) atoms. The Morgan fingerprint density at radius 3 is 2.10 bits per heavy atom. The van der Waals surface area contributed by atoms with E-state index < -0.39 is 0 Å². The Balaban J connectivity index is 3.09. The van der Waals surface area contributed by atoms with Crippen LogP contribution < -0.4 is 0 Å². The summed E-state index contributed by atoms with van der Waals surface area (Å²) >= 11 is 5.82. The molecular weight excluding hydrogens is 272 g/mol. The van der Waals surface area contributed by atoms with Crippen molar-refractivity contribution in [2.45, 2.75) is 39.8 Å². The molecule has 0 unspecified atom stereocenters. The van der Waals surface area contributed by atoms with Crippen molar-refractivity contribution in [2.24, 2.45) is 0 Å². The Hall–Kier alpha value is -1.79. The lowest BCUT2D eigenvalue weighted by atomic mass is 10.1. The molecule has 0 saturated carbocycles. The number of nitrogens with zero attached hydrogens (tertiary/aromatic N) is 2. The lowest BCUT2D eigenvalue weighted by molar-refractivity contribution is -0.130. The molecule has 0 aromatic heterocycles. The molecule has 0 aliphatic heterocycles. The molecule has 0 saturated heterocycles. The maximum absolute atomic E-state index is 12.4. The summed E-state index contributed by atoms with van der Waals surface area (Å²) in [5.41, 5.74) is 0.918. The van der Waals surface area contributed by atoms with E-state index in [0.29, 0.717) is 5.02 Å². The van der Waals surface area contributed by atoms with Gasteiger partial charge in [-0.1, -0.05) is 23.7 Å². The highest BCUT2D eigenvalue weighted by Gasteiger charge is 2.23. The van der Waals surface area contributed by atoms with Gasteiger partial charge in [-0.3, -0.25) is 4.79 Å². The average Bonchev–Trinajstić information content (AvgIpc) is 2.37. The molecule has 1 aromatic rings. The predicted octanol–water partition coefficient (Wildman–Crippen LogP) is 3.89. The number of hydrogen-bond acceptors (Lipinski definition) is 2. The van der Waals surface area contributed by atoms with E-state index in [4.69, 9.17) is 11.6 Å². The number of nitriles is 1. The van der Waals surface area contributed by atoms with Crippen molar-refractivity contribution in [3.63, 3.8) is 0 Å². The SMILES string of the molecule is CC(C)N(C(=O)/C(C#N)=C/c1ccc(Cl)cc1)C(C)C. The van der Waals surface area contributed by atoms with Gasteiger partial charge in [-0.05, 0) is 51.5 Å². The van der Waals surface area contributed by atoms with Crippen LogP contribution >= 0.6 is 11.6 Å². The highest BCUT2D eigenvalue weighted by molar-refractivity contribution is 6.30. The molecule has 0 spiro atoms. The first-order valence-corrected chi connectivity index (χ1v) is 6.94. The second kappa shape index (κ2) is 7.12. The molecule has 106 valence electrons. The van der Waals surface area contributed by atoms with E-state index in [1.807, 2.05) is 33.8 Å². The van der Waals surface area contributed by atoms with Crippen molar-refractivity contribution in [3.05, 3.63) is 40.4 Å². The second-order valence-electron chi connectivity index (χ2n) is 5.12. The molecule has 1 rings (SSSR count). The van der Waals surface area contributed by atoms with E-state index in [0.717, 1.165) is 5.56 Å². The van der Waals surface area contributed by atoms with Gasteiger partial charge in [-0.15, -0.1) is 0 Å². The van der Waals surface area contributed by atoms with Gasteiger partial charge in [0.1, 0.15) is 11.6 Å². The minimum atomic E-state index is -0.243. The van der Waals surface area contributed by atoms with Gasteiger partial charge in [0.05, 0.1) is 0 Å². The summed E-state index contributed by atoms with van der Waals surface area (Å²) in [6.07, 6.45) is 1.59. The highest BCUT2D eigenvalue weighted by Crippen LogP contribution is 2.16. The molecule has 1 aromatic carbocycles. The van der Waals surface area contributed by atoms with Crippen molar-refractivity contribution in [1.82, 2.24) is 4.90 Å². The monoisotopic (exact) mass is 290 g/mol. The minimum Gasteiger partial charge on any atom is -0.333 e. The molecule has 0 aliphatic rings. The Morgan fingerprint density at radius 2 is 1.70 bits per heavy atom. The number of benzene rings is 1. The third-order valence-electron chi connectivity index (χ3n) is 2.88. The Labute approximate surface area is 125 Å². The Morgan fingerprint density at radius 1 is 1.20 bits per heavy atom. The average molecular weight is 291 g/mol. The summed E-state index contributed by atoms with van der Waals surface area (Å²) in [6.45, 7) is 7.76. The third kappa shape index (κ3) is 4.11. The molecule has 0 atom stereocenters. The summed E-state index contributed by atoms with van der Waals surface area (Å²) in [5, 5.41) is 9.86. The second-order valence-corrected chi connectivity index (χ2v) is 5.56. The van der Waals surface area contributed by atoms with Crippen molar-refractivity contribution < 1.29 is 4.79 Å². The van der Waals surface area contributed by atoms with E-state index in [9.17, 15) is 10.1 Å². The van der Waals surface area contributed by atoms with E-state index in [1.54, 1.807) is 35.2 Å². The van der Waals surface area contributed by atoms with E-state index in [2.05, 4.69) is 0 Å². The number of hydrogen-bond donors (Lipinski definition) is 0. The van der Waals surface area contributed by atoms with Crippen molar-refractivity contribution in [2.75, 3.05) is 0 Å². The molecule has 1 amide bonds.